The molecule has 1 atom stereocenters. The van der Waals surface area contributed by atoms with Crippen molar-refractivity contribution in [1.29, 1.82) is 0 Å². The van der Waals surface area contributed by atoms with Crippen LogP contribution < -0.4 is 15.5 Å². The molecule has 0 bridgehead atoms. The molecule has 1 aromatic carbocycles. The highest BCUT2D eigenvalue weighted by molar-refractivity contribution is 7.89. The second-order valence-corrected chi connectivity index (χ2v) is 8.88. The fourth-order valence-corrected chi connectivity index (χ4v) is 3.66. The summed E-state index contributed by atoms with van der Waals surface area (Å²) in [6.07, 6.45) is -4.87. The summed E-state index contributed by atoms with van der Waals surface area (Å²) in [5.41, 5.74) is -0.248. The summed E-state index contributed by atoms with van der Waals surface area (Å²) in [6, 6.07) is 3.63. The van der Waals surface area contributed by atoms with E-state index in [4.69, 9.17) is 4.42 Å². The van der Waals surface area contributed by atoms with Crippen LogP contribution in [0.15, 0.2) is 44.3 Å². The molecule has 0 aliphatic heterocycles. The van der Waals surface area contributed by atoms with Crippen LogP contribution in [0.1, 0.15) is 17.6 Å². The number of alkyl halides is 3. The van der Waals surface area contributed by atoms with Gasteiger partial charge in [-0.25, -0.2) is 12.7 Å². The highest BCUT2D eigenvalue weighted by atomic mass is 32.2. The van der Waals surface area contributed by atoms with Crippen molar-refractivity contribution in [1.82, 2.24) is 9.46 Å². The maximum Gasteiger partial charge on any atom is 0.429 e. The van der Waals surface area contributed by atoms with E-state index in [0.717, 1.165) is 16.4 Å². The second kappa shape index (κ2) is 8.23. The summed E-state index contributed by atoms with van der Waals surface area (Å²) in [5, 5.41) is 30.1. The third-order valence-electron chi connectivity index (χ3n) is 4.28. The zero-order valence-corrected chi connectivity index (χ0v) is 17.7. The normalized spacial score (nSPS) is 13.3. The first-order chi connectivity index (χ1) is 14.8. The van der Waals surface area contributed by atoms with Crippen LogP contribution in [0.25, 0.3) is 0 Å². The standard InChI is InChI=1S/C17H18F3N5O6S/c1-9-7-8-11(30-9)14(17(18,19)20)22-16-15(23-31-25(16)27)21-10-5-4-6-12(13(10)26)32(28,29)24(2)3/h4-8,14,22,26H,1-3H3,(H,21,23)/t14-/m0/s1. The summed E-state index contributed by atoms with van der Waals surface area (Å²) in [7, 11) is -1.54. The molecule has 0 aliphatic carbocycles. The summed E-state index contributed by atoms with van der Waals surface area (Å²) in [6.45, 7) is 1.45. The van der Waals surface area contributed by atoms with E-state index in [1.807, 2.05) is 5.32 Å². The molecule has 0 unspecified atom stereocenters. The second-order valence-electron chi connectivity index (χ2n) is 6.76. The van der Waals surface area contributed by atoms with Crippen LogP contribution in [-0.2, 0) is 10.0 Å². The molecule has 0 saturated heterocycles. The molecule has 0 radical (unpaired) electrons. The molecule has 2 heterocycles. The number of phenols is 1. The van der Waals surface area contributed by atoms with Gasteiger partial charge in [0.2, 0.25) is 16.1 Å². The van der Waals surface area contributed by atoms with Gasteiger partial charge in [-0.2, -0.15) is 13.2 Å². The number of aryl methyl sites for hydroxylation is 1. The summed E-state index contributed by atoms with van der Waals surface area (Å²) in [4.78, 5) is -0.784. The van der Waals surface area contributed by atoms with E-state index in [1.165, 1.54) is 39.2 Å². The molecular formula is C17H18F3N5O6S. The van der Waals surface area contributed by atoms with E-state index in [1.54, 1.807) is 0 Å². The van der Waals surface area contributed by atoms with E-state index in [0.29, 0.717) is 0 Å². The zero-order chi connectivity index (χ0) is 23.8. The Hall–Kier alpha value is -3.46. The van der Waals surface area contributed by atoms with Crippen molar-refractivity contribution in [2.45, 2.75) is 24.0 Å². The highest BCUT2D eigenvalue weighted by Crippen LogP contribution is 2.39. The molecular weight excluding hydrogens is 459 g/mol. The lowest BCUT2D eigenvalue weighted by molar-refractivity contribution is -0.791. The molecule has 15 heteroatoms. The minimum atomic E-state index is -4.87. The number of nitrogens with zero attached hydrogens (tertiary/aromatic N) is 3. The lowest BCUT2D eigenvalue weighted by atomic mass is 10.2. The Kier molecular flexibility index (Phi) is 5.97. The first-order valence-corrected chi connectivity index (χ1v) is 10.3. The fourth-order valence-electron chi connectivity index (χ4n) is 2.67. The average molecular weight is 477 g/mol. The van der Waals surface area contributed by atoms with Crippen molar-refractivity contribution < 1.29 is 40.6 Å². The lowest BCUT2D eigenvalue weighted by Crippen LogP contribution is -2.34. The Morgan fingerprint density at radius 1 is 1.25 bits per heavy atom. The quantitative estimate of drug-likeness (QED) is 0.345. The van der Waals surface area contributed by atoms with Crippen LogP contribution in [0.3, 0.4) is 0 Å². The fraction of sp³-hybridized carbons (Fsp3) is 0.294. The molecule has 2 aromatic heterocycles. The smallest absolute Gasteiger partial charge is 0.429 e. The Morgan fingerprint density at radius 2 is 1.94 bits per heavy atom. The monoisotopic (exact) mass is 477 g/mol. The third-order valence-corrected chi connectivity index (χ3v) is 6.12. The van der Waals surface area contributed by atoms with E-state index in [2.05, 4.69) is 15.1 Å². The maximum atomic E-state index is 13.6. The number of hydrogen-bond donors (Lipinski definition) is 3. The van der Waals surface area contributed by atoms with E-state index in [-0.39, 0.29) is 16.4 Å². The van der Waals surface area contributed by atoms with Gasteiger partial charge in [0, 0.05) is 14.1 Å². The van der Waals surface area contributed by atoms with Gasteiger partial charge in [-0.15, -0.1) is 0 Å². The van der Waals surface area contributed by atoms with Crippen molar-refractivity contribution in [2.75, 3.05) is 24.7 Å². The number of sulfonamides is 1. The van der Waals surface area contributed by atoms with E-state index < -0.39 is 50.3 Å². The molecule has 11 nitrogen and oxygen atoms in total. The summed E-state index contributed by atoms with van der Waals surface area (Å²) >= 11 is 0. The van der Waals surface area contributed by atoms with Crippen LogP contribution in [0, 0.1) is 12.1 Å². The molecule has 0 amide bonds. The predicted octanol–water partition coefficient (Wildman–Crippen LogP) is 2.62. The molecule has 174 valence electrons. The summed E-state index contributed by atoms with van der Waals surface area (Å²) in [5.74, 6) is -2.34. The summed E-state index contributed by atoms with van der Waals surface area (Å²) < 4.78 is 75.8. The van der Waals surface area contributed by atoms with Gasteiger partial charge in [-0.3, -0.25) is 5.32 Å². The van der Waals surface area contributed by atoms with Crippen LogP contribution in [-0.4, -0.2) is 43.3 Å². The number of rotatable bonds is 7. The van der Waals surface area contributed by atoms with Crippen LogP contribution in [0.4, 0.5) is 30.5 Å². The Morgan fingerprint density at radius 3 is 2.50 bits per heavy atom. The Labute approximate surface area is 179 Å². The van der Waals surface area contributed by atoms with Crippen molar-refractivity contribution in [3.63, 3.8) is 0 Å². The minimum absolute atomic E-state index is 0.221. The number of hydrogen-bond acceptors (Lipinski definition) is 9. The lowest BCUT2D eigenvalue weighted by Gasteiger charge is -2.17. The predicted molar refractivity (Wildman–Crippen MR) is 104 cm³/mol. The van der Waals surface area contributed by atoms with Crippen molar-refractivity contribution in [2.24, 2.45) is 0 Å². The molecule has 0 spiro atoms. The van der Waals surface area contributed by atoms with Crippen LogP contribution in [0.2, 0.25) is 0 Å². The maximum absolute atomic E-state index is 13.6. The number of nitrogens with one attached hydrogen (secondary N) is 2. The van der Waals surface area contributed by atoms with E-state index in [9.17, 15) is 31.9 Å². The molecule has 0 saturated carbocycles. The van der Waals surface area contributed by atoms with Crippen LogP contribution >= 0.6 is 0 Å². The van der Waals surface area contributed by atoms with Crippen molar-refractivity contribution >= 4 is 27.3 Å². The molecule has 0 fully saturated rings. The highest BCUT2D eigenvalue weighted by Gasteiger charge is 2.47. The van der Waals surface area contributed by atoms with Crippen molar-refractivity contribution in [3.05, 3.63) is 47.1 Å². The molecule has 3 rings (SSSR count). The van der Waals surface area contributed by atoms with E-state index >= 15 is 0 Å². The van der Waals surface area contributed by atoms with Gasteiger partial charge in [-0.05, 0) is 36.3 Å². The first kappa shape index (κ1) is 23.2. The molecule has 3 N–H and O–H groups in total. The number of halogens is 3. The zero-order valence-electron chi connectivity index (χ0n) is 16.8. The largest absolute Gasteiger partial charge is 0.504 e. The van der Waals surface area contributed by atoms with Gasteiger partial charge in [0.15, 0.2) is 5.75 Å². The Bertz CT molecular complexity index is 1220. The first-order valence-electron chi connectivity index (χ1n) is 8.83. The van der Waals surface area contributed by atoms with Crippen molar-refractivity contribution in [3.8, 4) is 5.75 Å². The SMILES string of the molecule is Cc1ccc([C@H](Nc2c(Nc3cccc(S(=O)(=O)N(C)C)c3O)no[n+]2[O-])C(F)(F)F)o1. The number of furan rings is 1. The van der Waals surface area contributed by atoms with Gasteiger partial charge in [0.05, 0.1) is 5.69 Å². The number of phenolic OH excluding ortho intramolecular Hbond substituents is 1. The Balaban J connectivity index is 1.98. The topological polar surface area (TPSA) is 148 Å². The van der Waals surface area contributed by atoms with Gasteiger partial charge >= 0.3 is 17.8 Å². The number of para-hydroxylation sites is 1. The number of aromatic hydroxyl groups is 1. The third kappa shape index (κ3) is 4.43. The average Bonchev–Trinajstić information content (AvgIpc) is 3.26. The van der Waals surface area contributed by atoms with Gasteiger partial charge in [0.25, 0.3) is 0 Å². The van der Waals surface area contributed by atoms with Gasteiger partial charge in [-0.1, -0.05) is 11.0 Å². The van der Waals surface area contributed by atoms with Crippen LogP contribution in [0.5, 0.6) is 5.75 Å². The molecule has 0 aliphatic rings. The molecule has 32 heavy (non-hydrogen) atoms. The number of benzene rings is 1. The molecule has 3 aromatic rings. The number of anilines is 3. The number of aromatic nitrogens is 2. The minimum Gasteiger partial charge on any atom is -0.504 e. The van der Waals surface area contributed by atoms with Gasteiger partial charge < -0.3 is 24.7 Å². The van der Waals surface area contributed by atoms with Gasteiger partial charge in [0.1, 0.15) is 16.4 Å².